The average Bonchev–Trinajstić information content (AvgIpc) is 3.20. The maximum atomic E-state index is 13.0. The van der Waals surface area contributed by atoms with E-state index in [1.807, 2.05) is 0 Å². The lowest BCUT2D eigenvalue weighted by atomic mass is 9.81. The molecule has 4 heteroatoms. The Kier molecular flexibility index (Phi) is 4.21. The van der Waals surface area contributed by atoms with Gasteiger partial charge in [0.15, 0.2) is 0 Å². The minimum atomic E-state index is 0. The highest BCUT2D eigenvalue weighted by atomic mass is 35.5. The zero-order valence-corrected chi connectivity index (χ0v) is 13.8. The molecule has 120 valence electrons. The number of nitrogens with zero attached hydrogens (tertiary/aromatic N) is 1. The van der Waals surface area contributed by atoms with Gasteiger partial charge in [-0.2, -0.15) is 0 Å². The quantitative estimate of drug-likeness (QED) is 0.862. The van der Waals surface area contributed by atoms with Gasteiger partial charge in [-0.15, -0.1) is 12.4 Å². The maximum absolute atomic E-state index is 13.0. The van der Waals surface area contributed by atoms with Crippen LogP contribution in [0.15, 0.2) is 24.3 Å². The summed E-state index contributed by atoms with van der Waals surface area (Å²) in [6, 6.07) is 8.78. The molecular formula is C18H25ClN2O. The summed E-state index contributed by atoms with van der Waals surface area (Å²) in [4.78, 5) is 15.1. The van der Waals surface area contributed by atoms with E-state index in [4.69, 9.17) is 5.73 Å². The molecule has 0 saturated heterocycles. The minimum absolute atomic E-state index is 0. The number of nitrogens with two attached hydrogens (primary N) is 1. The average molecular weight is 321 g/mol. The molecule has 3 aliphatic rings. The van der Waals surface area contributed by atoms with E-state index in [2.05, 4.69) is 29.2 Å². The van der Waals surface area contributed by atoms with Crippen molar-refractivity contribution in [1.82, 2.24) is 0 Å². The molecule has 3 nitrogen and oxygen atoms in total. The Hall–Kier alpha value is -1.06. The molecule has 0 bridgehead atoms. The molecule has 2 saturated carbocycles. The van der Waals surface area contributed by atoms with Crippen molar-refractivity contribution in [3.8, 4) is 0 Å². The van der Waals surface area contributed by atoms with Crippen molar-refractivity contribution in [2.45, 2.75) is 56.4 Å². The van der Waals surface area contributed by atoms with Crippen LogP contribution in [-0.2, 0) is 10.2 Å². The second-order valence-corrected chi connectivity index (χ2v) is 7.20. The topological polar surface area (TPSA) is 46.3 Å². The van der Waals surface area contributed by atoms with Gasteiger partial charge in [-0.3, -0.25) is 4.79 Å². The number of hydrogen-bond donors (Lipinski definition) is 1. The van der Waals surface area contributed by atoms with Crippen LogP contribution in [0.1, 0.15) is 50.5 Å². The number of carbonyl (C=O) groups is 1. The van der Waals surface area contributed by atoms with Crippen molar-refractivity contribution in [2.24, 2.45) is 11.7 Å². The number of para-hydroxylation sites is 1. The van der Waals surface area contributed by atoms with Gasteiger partial charge in [-0.25, -0.2) is 0 Å². The molecule has 2 unspecified atom stereocenters. The van der Waals surface area contributed by atoms with E-state index in [1.165, 1.54) is 36.9 Å². The van der Waals surface area contributed by atoms with E-state index in [0.717, 1.165) is 25.8 Å². The van der Waals surface area contributed by atoms with E-state index < -0.39 is 0 Å². The van der Waals surface area contributed by atoms with Crippen molar-refractivity contribution < 1.29 is 4.79 Å². The molecule has 2 fully saturated rings. The van der Waals surface area contributed by atoms with Crippen LogP contribution in [-0.4, -0.2) is 18.5 Å². The van der Waals surface area contributed by atoms with Crippen LogP contribution in [0.2, 0.25) is 0 Å². The number of amides is 1. The molecule has 1 spiro atoms. The number of carbonyl (C=O) groups excluding carboxylic acids is 1. The van der Waals surface area contributed by atoms with E-state index in [-0.39, 0.29) is 29.8 Å². The van der Waals surface area contributed by atoms with Gasteiger partial charge in [0.2, 0.25) is 5.91 Å². The number of fused-ring (bicyclic) bond motifs is 2. The third-order valence-corrected chi connectivity index (χ3v) is 5.88. The van der Waals surface area contributed by atoms with Gasteiger partial charge in [-0.05, 0) is 43.7 Å². The predicted octanol–water partition coefficient (Wildman–Crippen LogP) is 3.39. The summed E-state index contributed by atoms with van der Waals surface area (Å²) in [5, 5.41) is 0. The van der Waals surface area contributed by atoms with Crippen molar-refractivity contribution >= 4 is 24.0 Å². The van der Waals surface area contributed by atoms with E-state index >= 15 is 0 Å². The molecule has 4 rings (SSSR count). The second-order valence-electron chi connectivity index (χ2n) is 7.20. The molecule has 1 aromatic rings. The molecule has 0 aromatic heterocycles. The molecule has 1 aliphatic heterocycles. The Balaban J connectivity index is 0.00000144. The standard InChI is InChI=1S/C18H24N2O.ClH/c19-14-8-7-13(11-14)17(21)20-12-18(9-3-4-10-18)15-5-1-2-6-16(15)20;/h1-2,5-6,13-14H,3-4,7-12,19H2;1H. The third kappa shape index (κ3) is 2.35. The van der Waals surface area contributed by atoms with Crippen LogP contribution >= 0.6 is 12.4 Å². The summed E-state index contributed by atoms with van der Waals surface area (Å²) in [6.45, 7) is 0.900. The van der Waals surface area contributed by atoms with Crippen LogP contribution < -0.4 is 10.6 Å². The first-order chi connectivity index (χ1) is 10.2. The van der Waals surface area contributed by atoms with E-state index in [0.29, 0.717) is 5.91 Å². The van der Waals surface area contributed by atoms with Crippen LogP contribution in [0.25, 0.3) is 0 Å². The normalized spacial score (nSPS) is 28.7. The van der Waals surface area contributed by atoms with E-state index in [1.54, 1.807) is 0 Å². The third-order valence-electron chi connectivity index (χ3n) is 5.88. The Morgan fingerprint density at radius 1 is 1.18 bits per heavy atom. The molecule has 22 heavy (non-hydrogen) atoms. The maximum Gasteiger partial charge on any atom is 0.230 e. The van der Waals surface area contributed by atoms with Crippen LogP contribution in [0.4, 0.5) is 5.69 Å². The zero-order chi connectivity index (χ0) is 14.4. The van der Waals surface area contributed by atoms with Gasteiger partial charge < -0.3 is 10.6 Å². The first kappa shape index (κ1) is 15.8. The van der Waals surface area contributed by atoms with Crippen LogP contribution in [0.5, 0.6) is 0 Å². The summed E-state index contributed by atoms with van der Waals surface area (Å²) >= 11 is 0. The largest absolute Gasteiger partial charge is 0.328 e. The fourth-order valence-electron chi connectivity index (χ4n) is 4.77. The smallest absolute Gasteiger partial charge is 0.230 e. The van der Waals surface area contributed by atoms with Gasteiger partial charge in [0.1, 0.15) is 0 Å². The lowest BCUT2D eigenvalue weighted by Gasteiger charge is -2.26. The summed E-state index contributed by atoms with van der Waals surface area (Å²) < 4.78 is 0. The molecule has 2 atom stereocenters. The number of benzene rings is 1. The first-order valence-corrected chi connectivity index (χ1v) is 8.36. The number of hydrogen-bond acceptors (Lipinski definition) is 2. The molecule has 2 aliphatic carbocycles. The molecule has 1 heterocycles. The van der Waals surface area contributed by atoms with Crippen molar-refractivity contribution in [2.75, 3.05) is 11.4 Å². The number of anilines is 1. The highest BCUT2D eigenvalue weighted by Crippen LogP contribution is 2.50. The molecule has 1 aromatic carbocycles. The van der Waals surface area contributed by atoms with Gasteiger partial charge in [0.05, 0.1) is 0 Å². The van der Waals surface area contributed by atoms with Crippen molar-refractivity contribution in [3.05, 3.63) is 29.8 Å². The predicted molar refractivity (Wildman–Crippen MR) is 91.5 cm³/mol. The molecule has 1 amide bonds. The highest BCUT2D eigenvalue weighted by molar-refractivity contribution is 5.98. The first-order valence-electron chi connectivity index (χ1n) is 8.36. The van der Waals surface area contributed by atoms with Crippen molar-refractivity contribution in [1.29, 1.82) is 0 Å². The van der Waals surface area contributed by atoms with Gasteiger partial charge in [0, 0.05) is 29.6 Å². The Morgan fingerprint density at radius 2 is 1.91 bits per heavy atom. The monoisotopic (exact) mass is 320 g/mol. The van der Waals surface area contributed by atoms with Crippen LogP contribution in [0.3, 0.4) is 0 Å². The summed E-state index contributed by atoms with van der Waals surface area (Å²) in [7, 11) is 0. The van der Waals surface area contributed by atoms with Gasteiger partial charge >= 0.3 is 0 Å². The lowest BCUT2D eigenvalue weighted by Crippen LogP contribution is -2.38. The Labute approximate surface area is 138 Å². The molecule has 2 N–H and O–H groups in total. The van der Waals surface area contributed by atoms with Gasteiger partial charge in [-0.1, -0.05) is 31.0 Å². The Bertz CT molecular complexity index is 568. The molecular weight excluding hydrogens is 296 g/mol. The van der Waals surface area contributed by atoms with Crippen molar-refractivity contribution in [3.63, 3.8) is 0 Å². The summed E-state index contributed by atoms with van der Waals surface area (Å²) in [5.41, 5.74) is 8.83. The SMILES string of the molecule is Cl.NC1CCC(C(=O)N2CC3(CCCC3)c3ccccc32)C1. The lowest BCUT2D eigenvalue weighted by molar-refractivity contribution is -0.122. The fourth-order valence-corrected chi connectivity index (χ4v) is 4.77. The number of halogens is 1. The van der Waals surface area contributed by atoms with Gasteiger partial charge in [0.25, 0.3) is 0 Å². The Morgan fingerprint density at radius 3 is 2.59 bits per heavy atom. The molecule has 0 radical (unpaired) electrons. The highest BCUT2D eigenvalue weighted by Gasteiger charge is 2.47. The summed E-state index contributed by atoms with van der Waals surface area (Å²) in [6.07, 6.45) is 7.89. The van der Waals surface area contributed by atoms with Crippen LogP contribution in [0, 0.1) is 5.92 Å². The fraction of sp³-hybridized carbons (Fsp3) is 0.611. The summed E-state index contributed by atoms with van der Waals surface area (Å²) in [5.74, 6) is 0.462. The number of rotatable bonds is 1. The second kappa shape index (κ2) is 5.86. The zero-order valence-electron chi connectivity index (χ0n) is 13.0. The minimum Gasteiger partial charge on any atom is -0.328 e. The van der Waals surface area contributed by atoms with E-state index in [9.17, 15) is 4.79 Å².